The topological polar surface area (TPSA) is 59.6 Å². The van der Waals surface area contributed by atoms with Gasteiger partial charge in [-0.15, -0.1) is 0 Å². The van der Waals surface area contributed by atoms with E-state index in [4.69, 9.17) is 9.47 Å². The van der Waals surface area contributed by atoms with Crippen LogP contribution in [-0.2, 0) is 4.79 Å². The molecule has 1 heterocycles. The monoisotopic (exact) mass is 414 g/mol. The van der Waals surface area contributed by atoms with Gasteiger partial charge in [-0.25, -0.2) is 0 Å². The molecule has 3 aromatic carbocycles. The minimum atomic E-state index is -0.162. The molecule has 5 heteroatoms. The number of benzene rings is 3. The van der Waals surface area contributed by atoms with E-state index < -0.39 is 0 Å². The van der Waals surface area contributed by atoms with Crippen LogP contribution in [0.3, 0.4) is 0 Å². The van der Waals surface area contributed by atoms with Crippen molar-refractivity contribution in [3.8, 4) is 11.5 Å². The Balaban J connectivity index is 1.89. The van der Waals surface area contributed by atoms with Gasteiger partial charge in [0.25, 0.3) is 5.91 Å². The van der Waals surface area contributed by atoms with Crippen LogP contribution in [0.25, 0.3) is 11.3 Å². The zero-order valence-corrected chi connectivity index (χ0v) is 18.0. The second-order valence-corrected chi connectivity index (χ2v) is 7.27. The third-order valence-corrected chi connectivity index (χ3v) is 5.06. The molecule has 4 rings (SSSR count). The largest absolute Gasteiger partial charge is 0.490 e. The number of fused-ring (bicyclic) bond motifs is 1. The maximum Gasteiger partial charge on any atom is 0.258 e. The van der Waals surface area contributed by atoms with Crippen LogP contribution < -0.4 is 20.1 Å². The fraction of sp³-hybridized carbons (Fsp3) is 0.192. The lowest BCUT2D eigenvalue weighted by molar-refractivity contribution is -0.110. The summed E-state index contributed by atoms with van der Waals surface area (Å²) in [5, 5.41) is 6.46. The van der Waals surface area contributed by atoms with Gasteiger partial charge < -0.3 is 20.1 Å². The van der Waals surface area contributed by atoms with Crippen molar-refractivity contribution >= 4 is 28.6 Å². The van der Waals surface area contributed by atoms with Crippen LogP contribution in [0.5, 0.6) is 11.5 Å². The van der Waals surface area contributed by atoms with Gasteiger partial charge in [-0.1, -0.05) is 48.0 Å². The summed E-state index contributed by atoms with van der Waals surface area (Å²) >= 11 is 0. The summed E-state index contributed by atoms with van der Waals surface area (Å²) in [6.07, 6.45) is 0. The summed E-state index contributed by atoms with van der Waals surface area (Å²) in [4.78, 5) is 13.1. The Kier molecular flexibility index (Phi) is 5.94. The number of anilines is 2. The van der Waals surface area contributed by atoms with Crippen molar-refractivity contribution in [1.29, 1.82) is 0 Å². The summed E-state index contributed by atoms with van der Waals surface area (Å²) in [5.74, 6) is 1.09. The summed E-state index contributed by atoms with van der Waals surface area (Å²) in [7, 11) is 0. The predicted octanol–water partition coefficient (Wildman–Crippen LogP) is 5.72. The average molecular weight is 415 g/mol. The molecule has 1 aliphatic heterocycles. The Bertz CT molecular complexity index is 1120. The maximum absolute atomic E-state index is 13.1. The molecule has 0 spiro atoms. The van der Waals surface area contributed by atoms with Gasteiger partial charge in [-0.3, -0.25) is 4.79 Å². The second-order valence-electron chi connectivity index (χ2n) is 7.27. The van der Waals surface area contributed by atoms with Gasteiger partial charge in [-0.05, 0) is 44.5 Å². The number of nitrogens with one attached hydrogen (secondary N) is 2. The van der Waals surface area contributed by atoms with Gasteiger partial charge in [-0.2, -0.15) is 0 Å². The molecule has 0 bridgehead atoms. The van der Waals surface area contributed by atoms with Gasteiger partial charge in [0.2, 0.25) is 0 Å². The molecule has 0 aromatic heterocycles. The number of rotatable bonds is 7. The first kappa shape index (κ1) is 20.5. The van der Waals surface area contributed by atoms with Crippen molar-refractivity contribution in [3.63, 3.8) is 0 Å². The molecule has 0 aliphatic carbocycles. The molecule has 3 aromatic rings. The van der Waals surface area contributed by atoms with Gasteiger partial charge in [0.05, 0.1) is 30.2 Å². The molecule has 158 valence electrons. The van der Waals surface area contributed by atoms with Crippen molar-refractivity contribution < 1.29 is 14.3 Å². The first-order valence-electron chi connectivity index (χ1n) is 10.5. The van der Waals surface area contributed by atoms with Crippen molar-refractivity contribution in [3.05, 3.63) is 83.4 Å². The molecule has 31 heavy (non-hydrogen) atoms. The number of carbonyl (C=O) groups is 1. The highest BCUT2D eigenvalue weighted by Crippen LogP contribution is 2.43. The Labute approximate surface area is 182 Å². The summed E-state index contributed by atoms with van der Waals surface area (Å²) in [5.41, 5.74) is 5.83. The lowest BCUT2D eigenvalue weighted by atomic mass is 9.99. The molecule has 0 saturated heterocycles. The van der Waals surface area contributed by atoms with Crippen molar-refractivity contribution in [2.45, 2.75) is 20.8 Å². The third-order valence-electron chi connectivity index (χ3n) is 5.06. The van der Waals surface area contributed by atoms with Gasteiger partial charge >= 0.3 is 0 Å². The Morgan fingerprint density at radius 2 is 1.55 bits per heavy atom. The number of hydrogen-bond acceptors (Lipinski definition) is 4. The number of hydrogen-bond donors (Lipinski definition) is 2. The van der Waals surface area contributed by atoms with Gasteiger partial charge in [0, 0.05) is 17.3 Å². The minimum absolute atomic E-state index is 0.162. The van der Waals surface area contributed by atoms with E-state index in [1.54, 1.807) is 0 Å². The van der Waals surface area contributed by atoms with E-state index in [2.05, 4.69) is 10.6 Å². The van der Waals surface area contributed by atoms with Crippen molar-refractivity contribution in [2.75, 3.05) is 23.8 Å². The van der Waals surface area contributed by atoms with E-state index in [1.807, 2.05) is 87.5 Å². The van der Waals surface area contributed by atoms with E-state index in [0.29, 0.717) is 36.0 Å². The van der Waals surface area contributed by atoms with Crippen molar-refractivity contribution in [1.82, 2.24) is 0 Å². The fourth-order valence-electron chi connectivity index (χ4n) is 3.63. The quantitative estimate of drug-likeness (QED) is 0.485. The Morgan fingerprint density at radius 3 is 2.19 bits per heavy atom. The minimum Gasteiger partial charge on any atom is -0.490 e. The molecular weight excluding hydrogens is 388 g/mol. The SMILES string of the molecule is CCOc1cc2c(cc1OCC)C(=C(Nc1ccc(C)cc1)c1ccccc1)C(=O)N2. The van der Waals surface area contributed by atoms with Crippen LogP contribution in [0.2, 0.25) is 0 Å². The van der Waals surface area contributed by atoms with Crippen LogP contribution in [0.4, 0.5) is 11.4 Å². The first-order chi connectivity index (χ1) is 15.1. The molecule has 0 fully saturated rings. The average Bonchev–Trinajstić information content (AvgIpc) is 3.09. The number of aryl methyl sites for hydroxylation is 1. The molecule has 1 amide bonds. The van der Waals surface area contributed by atoms with Crippen LogP contribution in [0, 0.1) is 6.92 Å². The van der Waals surface area contributed by atoms with E-state index in [-0.39, 0.29) is 5.91 Å². The maximum atomic E-state index is 13.1. The third kappa shape index (κ3) is 4.26. The first-order valence-corrected chi connectivity index (χ1v) is 10.5. The molecule has 5 nitrogen and oxygen atoms in total. The lowest BCUT2D eigenvalue weighted by Gasteiger charge is -2.16. The summed E-state index contributed by atoms with van der Waals surface area (Å²) in [6, 6.07) is 21.7. The van der Waals surface area contributed by atoms with Crippen molar-refractivity contribution in [2.24, 2.45) is 0 Å². The standard InChI is InChI=1S/C26H26N2O3/c1-4-30-22-15-20-21(16-23(22)31-5-2)28-26(29)24(20)25(18-9-7-6-8-10-18)27-19-13-11-17(3)12-14-19/h6-16,27H,4-5H2,1-3H3,(H,28,29). The molecule has 0 atom stereocenters. The Morgan fingerprint density at radius 1 is 0.903 bits per heavy atom. The van der Waals surface area contributed by atoms with Crippen LogP contribution in [-0.4, -0.2) is 19.1 Å². The van der Waals surface area contributed by atoms with Crippen LogP contribution in [0.1, 0.15) is 30.5 Å². The van der Waals surface area contributed by atoms with Crippen LogP contribution >= 0.6 is 0 Å². The van der Waals surface area contributed by atoms with Gasteiger partial charge in [0.1, 0.15) is 0 Å². The zero-order valence-electron chi connectivity index (χ0n) is 18.0. The molecule has 2 N–H and O–H groups in total. The molecule has 1 aliphatic rings. The zero-order chi connectivity index (χ0) is 21.8. The smallest absolute Gasteiger partial charge is 0.258 e. The van der Waals surface area contributed by atoms with E-state index in [9.17, 15) is 4.79 Å². The molecular formula is C26H26N2O3. The fourth-order valence-corrected chi connectivity index (χ4v) is 3.63. The second kappa shape index (κ2) is 8.96. The molecule has 0 saturated carbocycles. The molecule has 0 radical (unpaired) electrons. The Hall–Kier alpha value is -3.73. The molecule has 0 unspecified atom stereocenters. The van der Waals surface area contributed by atoms with Gasteiger partial charge in [0.15, 0.2) is 11.5 Å². The summed E-state index contributed by atoms with van der Waals surface area (Å²) < 4.78 is 11.5. The summed E-state index contributed by atoms with van der Waals surface area (Å²) in [6.45, 7) is 6.92. The lowest BCUT2D eigenvalue weighted by Crippen LogP contribution is -2.10. The highest BCUT2D eigenvalue weighted by atomic mass is 16.5. The van der Waals surface area contributed by atoms with Crippen LogP contribution in [0.15, 0.2) is 66.7 Å². The number of ether oxygens (including phenoxy) is 2. The van der Waals surface area contributed by atoms with E-state index in [1.165, 1.54) is 5.56 Å². The van der Waals surface area contributed by atoms with E-state index in [0.717, 1.165) is 22.5 Å². The normalized spacial score (nSPS) is 14.0. The number of amides is 1. The predicted molar refractivity (Wildman–Crippen MR) is 125 cm³/mol. The van der Waals surface area contributed by atoms with E-state index >= 15 is 0 Å². The highest BCUT2D eigenvalue weighted by molar-refractivity contribution is 6.37. The highest BCUT2D eigenvalue weighted by Gasteiger charge is 2.30. The number of carbonyl (C=O) groups excluding carboxylic acids is 1.